The van der Waals surface area contributed by atoms with E-state index >= 15 is 0 Å². The highest BCUT2D eigenvalue weighted by Crippen LogP contribution is 2.31. The summed E-state index contributed by atoms with van der Waals surface area (Å²) < 4.78 is 0. The maximum atomic E-state index is 10.5. The van der Waals surface area contributed by atoms with Gasteiger partial charge < -0.3 is 5.11 Å². The molecule has 23 heavy (non-hydrogen) atoms. The fourth-order valence-electron chi connectivity index (χ4n) is 2.58. The number of aliphatic imine (C=N–C) groups is 1. The molecule has 0 amide bonds. The van der Waals surface area contributed by atoms with Crippen molar-refractivity contribution in [2.75, 3.05) is 0 Å². The molecule has 1 saturated carbocycles. The second kappa shape index (κ2) is 9.87. The van der Waals surface area contributed by atoms with Gasteiger partial charge in [-0.1, -0.05) is 59.6 Å². The highest BCUT2D eigenvalue weighted by atomic mass is 16.3. The lowest BCUT2D eigenvalue weighted by molar-refractivity contribution is 0.0283. The van der Waals surface area contributed by atoms with Crippen molar-refractivity contribution < 1.29 is 5.11 Å². The number of aliphatic hydroxyl groups is 1. The van der Waals surface area contributed by atoms with Crippen molar-refractivity contribution in [2.45, 2.75) is 86.7 Å². The molecule has 0 aliphatic heterocycles. The number of hydrogen-bond donors (Lipinski definition) is 1. The van der Waals surface area contributed by atoms with Gasteiger partial charge in [0.2, 0.25) is 0 Å². The Bertz CT molecular complexity index is 493. The van der Waals surface area contributed by atoms with Crippen LogP contribution in [0.1, 0.15) is 85.3 Å². The molecule has 0 aromatic heterocycles. The molecule has 0 bridgehead atoms. The van der Waals surface area contributed by atoms with Crippen molar-refractivity contribution in [3.05, 3.63) is 29.3 Å². The van der Waals surface area contributed by atoms with Crippen LogP contribution in [0, 0.1) is 12.8 Å². The topological polar surface area (TPSA) is 32.6 Å². The molecule has 0 radical (unpaired) electrons. The van der Waals surface area contributed by atoms with Gasteiger partial charge in [0, 0.05) is 5.71 Å². The summed E-state index contributed by atoms with van der Waals surface area (Å²) in [4.78, 5) is 4.47. The average molecular weight is 320 g/mol. The molecule has 1 aliphatic carbocycles. The molecule has 1 aliphatic rings. The Morgan fingerprint density at radius 2 is 1.74 bits per heavy atom. The van der Waals surface area contributed by atoms with Gasteiger partial charge in [0.15, 0.2) is 0 Å². The summed E-state index contributed by atoms with van der Waals surface area (Å²) in [5.74, 6) is 1.06. The van der Waals surface area contributed by atoms with E-state index in [2.05, 4.69) is 18.0 Å². The summed E-state index contributed by atoms with van der Waals surface area (Å²) in [6, 6.07) is 6.03. The molecule has 2 nitrogen and oxygen atoms in total. The van der Waals surface area contributed by atoms with Crippen LogP contribution < -0.4 is 0 Å². The van der Waals surface area contributed by atoms with Crippen LogP contribution in [0.25, 0.3) is 0 Å². The summed E-state index contributed by atoms with van der Waals surface area (Å²) >= 11 is 0. The maximum Gasteiger partial charge on any atom is 0.0891 e. The van der Waals surface area contributed by atoms with Crippen LogP contribution in [-0.4, -0.2) is 10.8 Å². The van der Waals surface area contributed by atoms with Crippen molar-refractivity contribution in [1.82, 2.24) is 0 Å². The molecular weight excluding hydrogens is 282 g/mol. The smallest absolute Gasteiger partial charge is 0.0891 e. The number of hydrogen-bond acceptors (Lipinski definition) is 2. The zero-order valence-corrected chi connectivity index (χ0v) is 15.2. The van der Waals surface area contributed by atoms with Crippen molar-refractivity contribution in [1.29, 1.82) is 0 Å². The Morgan fingerprint density at radius 1 is 1.22 bits per heavy atom. The molecule has 132 valence electrons. The van der Waals surface area contributed by atoms with E-state index in [0.29, 0.717) is 0 Å². The molecular formula is C21H37NO. The summed E-state index contributed by atoms with van der Waals surface area (Å²) in [5, 5.41) is 10.5. The minimum Gasteiger partial charge on any atom is -0.385 e. The van der Waals surface area contributed by atoms with Crippen LogP contribution >= 0.6 is 0 Å². The van der Waals surface area contributed by atoms with E-state index in [0.717, 1.165) is 41.3 Å². The van der Waals surface area contributed by atoms with Gasteiger partial charge in [-0.15, -0.1) is 0 Å². The Morgan fingerprint density at radius 3 is 2.04 bits per heavy atom. The minimum atomic E-state index is -0.700. The van der Waals surface area contributed by atoms with Crippen molar-refractivity contribution in [2.24, 2.45) is 10.9 Å². The summed E-state index contributed by atoms with van der Waals surface area (Å²) in [6.45, 7) is 12.4. The predicted molar refractivity (Wildman–Crippen MR) is 104 cm³/mol. The third-order valence-electron chi connectivity index (χ3n) is 4.64. The van der Waals surface area contributed by atoms with E-state index < -0.39 is 5.60 Å². The summed E-state index contributed by atoms with van der Waals surface area (Å²) in [6.07, 6.45) is 5.93. The number of rotatable bonds is 4. The number of aryl methyl sites for hydroxylation is 1. The Hall–Kier alpha value is -1.15. The van der Waals surface area contributed by atoms with Crippen molar-refractivity contribution in [3.8, 4) is 0 Å². The molecule has 2 heteroatoms. The van der Waals surface area contributed by atoms with E-state index in [-0.39, 0.29) is 7.43 Å². The van der Waals surface area contributed by atoms with Gasteiger partial charge in [0.05, 0.1) is 11.3 Å². The molecule has 1 fully saturated rings. The van der Waals surface area contributed by atoms with Crippen LogP contribution in [0.5, 0.6) is 0 Å². The fraction of sp³-hybridized carbons (Fsp3) is 0.667. The minimum absolute atomic E-state index is 0. The molecule has 1 N–H and O–H groups in total. The molecule has 0 spiro atoms. The third kappa shape index (κ3) is 6.47. The first kappa shape index (κ1) is 21.9. The van der Waals surface area contributed by atoms with Gasteiger partial charge in [0.1, 0.15) is 0 Å². The van der Waals surface area contributed by atoms with Gasteiger partial charge in [-0.3, -0.25) is 4.99 Å². The first-order valence-corrected chi connectivity index (χ1v) is 8.67. The normalized spacial score (nSPS) is 14.0. The second-order valence-electron chi connectivity index (χ2n) is 6.84. The predicted octanol–water partition coefficient (Wildman–Crippen LogP) is 6.56. The average Bonchev–Trinajstić information content (AvgIpc) is 2.46. The van der Waals surface area contributed by atoms with E-state index in [1.54, 1.807) is 0 Å². The van der Waals surface area contributed by atoms with E-state index in [9.17, 15) is 5.11 Å². The van der Waals surface area contributed by atoms with Crippen LogP contribution in [0.15, 0.2) is 23.2 Å². The monoisotopic (exact) mass is 319 g/mol. The van der Waals surface area contributed by atoms with Crippen LogP contribution in [0.4, 0.5) is 5.69 Å². The van der Waals surface area contributed by atoms with Crippen molar-refractivity contribution >= 4 is 11.4 Å². The largest absolute Gasteiger partial charge is 0.385 e. The molecule has 2 rings (SSSR count). The quantitative estimate of drug-likeness (QED) is 0.626. The Labute approximate surface area is 144 Å². The third-order valence-corrected chi connectivity index (χ3v) is 4.64. The number of nitrogens with zero attached hydrogens (tertiary/aromatic N) is 1. The molecule has 0 unspecified atom stereocenters. The molecule has 0 atom stereocenters. The number of benzene rings is 1. The SMILES string of the molecule is C.CC1CCC1.CCC(O)(CC)c1ccc(N=C(C)C)c(C)c1. The Kier molecular flexibility index (Phi) is 9.38. The zero-order chi connectivity index (χ0) is 16.8. The van der Waals surface area contributed by atoms with Gasteiger partial charge in [-0.2, -0.15) is 0 Å². The summed E-state index contributed by atoms with van der Waals surface area (Å²) in [7, 11) is 0. The van der Waals surface area contributed by atoms with Gasteiger partial charge in [0.25, 0.3) is 0 Å². The van der Waals surface area contributed by atoms with Crippen molar-refractivity contribution in [3.63, 3.8) is 0 Å². The highest BCUT2D eigenvalue weighted by Gasteiger charge is 2.24. The lowest BCUT2D eigenvalue weighted by atomic mass is 9.87. The van der Waals surface area contributed by atoms with Crippen LogP contribution in [0.3, 0.4) is 0 Å². The zero-order valence-electron chi connectivity index (χ0n) is 15.2. The van der Waals surface area contributed by atoms with E-state index in [1.807, 2.05) is 46.8 Å². The lowest BCUT2D eigenvalue weighted by Gasteiger charge is -2.26. The van der Waals surface area contributed by atoms with Crippen LogP contribution in [-0.2, 0) is 5.60 Å². The highest BCUT2D eigenvalue weighted by molar-refractivity contribution is 5.82. The lowest BCUT2D eigenvalue weighted by Crippen LogP contribution is -2.23. The molecule has 1 aromatic rings. The maximum absolute atomic E-state index is 10.5. The van der Waals surface area contributed by atoms with Gasteiger partial charge in [-0.05, 0) is 56.7 Å². The standard InChI is InChI=1S/C15H23NO.C5H10.CH4/c1-6-15(17,7-2)13-8-9-14(12(5)10-13)16-11(3)4;1-5-3-2-4-5;/h8-10,17H,6-7H2,1-5H3;5H,2-4H2,1H3;1H4. The Balaban J connectivity index is 0.000000684. The van der Waals surface area contributed by atoms with Crippen LogP contribution in [0.2, 0.25) is 0 Å². The summed E-state index contributed by atoms with van der Waals surface area (Å²) in [5.41, 5.74) is 3.44. The van der Waals surface area contributed by atoms with E-state index in [4.69, 9.17) is 0 Å². The molecule has 0 heterocycles. The van der Waals surface area contributed by atoms with Gasteiger partial charge >= 0.3 is 0 Å². The second-order valence-corrected chi connectivity index (χ2v) is 6.84. The first-order valence-electron chi connectivity index (χ1n) is 8.67. The molecule has 1 aromatic carbocycles. The van der Waals surface area contributed by atoms with Gasteiger partial charge in [-0.25, -0.2) is 0 Å². The first-order chi connectivity index (χ1) is 10.3. The van der Waals surface area contributed by atoms with E-state index in [1.165, 1.54) is 19.3 Å². The molecule has 0 saturated heterocycles. The fourth-order valence-corrected chi connectivity index (χ4v) is 2.58.